The van der Waals surface area contributed by atoms with E-state index in [0.29, 0.717) is 32.0 Å². The molecule has 0 aliphatic heterocycles. The minimum absolute atomic E-state index is 0.0477. The van der Waals surface area contributed by atoms with Crippen LogP contribution in [0.15, 0.2) is 48.7 Å². The number of thiazole rings is 1. The lowest BCUT2D eigenvalue weighted by Crippen LogP contribution is -2.30. The van der Waals surface area contributed by atoms with Gasteiger partial charge in [0.15, 0.2) is 11.5 Å². The van der Waals surface area contributed by atoms with Crippen molar-refractivity contribution >= 4 is 34.8 Å². The van der Waals surface area contributed by atoms with Gasteiger partial charge in [0.2, 0.25) is 0 Å². The molecule has 3 rings (SSSR count). The van der Waals surface area contributed by atoms with E-state index in [4.69, 9.17) is 25.8 Å². The number of hydrogen-bond donors (Lipinski definition) is 1. The van der Waals surface area contributed by atoms with E-state index in [1.165, 1.54) is 38.9 Å². The van der Waals surface area contributed by atoms with E-state index in [1.807, 2.05) is 18.2 Å². The molecule has 1 amide bonds. The summed E-state index contributed by atoms with van der Waals surface area (Å²) in [7, 11) is 4.35. The summed E-state index contributed by atoms with van der Waals surface area (Å²) < 4.78 is 15.4. The van der Waals surface area contributed by atoms with Gasteiger partial charge in [-0.1, -0.05) is 35.9 Å². The van der Waals surface area contributed by atoms with E-state index in [2.05, 4.69) is 10.3 Å². The molecule has 0 saturated carbocycles. The molecular formula is C22H21ClN2O5S. The number of carbonyl (C=O) groups is 2. The number of halogens is 1. The molecule has 162 valence electrons. The van der Waals surface area contributed by atoms with Crippen LogP contribution < -0.4 is 14.8 Å². The average molecular weight is 461 g/mol. The fourth-order valence-corrected chi connectivity index (χ4v) is 4.08. The van der Waals surface area contributed by atoms with Gasteiger partial charge in [0.25, 0.3) is 5.91 Å². The van der Waals surface area contributed by atoms with Crippen molar-refractivity contribution in [2.45, 2.75) is 12.5 Å². The molecule has 0 aliphatic rings. The molecule has 0 radical (unpaired) electrons. The van der Waals surface area contributed by atoms with Crippen molar-refractivity contribution in [3.8, 4) is 22.1 Å². The van der Waals surface area contributed by atoms with Crippen molar-refractivity contribution in [1.29, 1.82) is 0 Å². The highest BCUT2D eigenvalue weighted by Crippen LogP contribution is 2.33. The number of amides is 1. The second-order valence-corrected chi connectivity index (χ2v) is 7.87. The summed E-state index contributed by atoms with van der Waals surface area (Å²) in [4.78, 5) is 29.6. The summed E-state index contributed by atoms with van der Waals surface area (Å²) >= 11 is 7.45. The molecule has 1 atom stereocenters. The number of rotatable bonds is 8. The zero-order chi connectivity index (χ0) is 22.4. The van der Waals surface area contributed by atoms with Gasteiger partial charge in [0.05, 0.1) is 45.0 Å². The first-order valence-electron chi connectivity index (χ1n) is 9.27. The van der Waals surface area contributed by atoms with Crippen molar-refractivity contribution in [3.05, 3.63) is 64.1 Å². The van der Waals surface area contributed by atoms with Gasteiger partial charge in [-0.05, 0) is 23.8 Å². The van der Waals surface area contributed by atoms with E-state index in [9.17, 15) is 9.59 Å². The summed E-state index contributed by atoms with van der Waals surface area (Å²) in [6.45, 7) is 0. The molecule has 0 fully saturated rings. The summed E-state index contributed by atoms with van der Waals surface area (Å²) in [5.74, 6) is 0.213. The third kappa shape index (κ3) is 5.34. The van der Waals surface area contributed by atoms with Gasteiger partial charge in [-0.2, -0.15) is 0 Å². The van der Waals surface area contributed by atoms with Crippen LogP contribution in [-0.4, -0.2) is 38.2 Å². The number of esters is 1. The maximum absolute atomic E-state index is 12.9. The molecular weight excluding hydrogens is 440 g/mol. The summed E-state index contributed by atoms with van der Waals surface area (Å²) in [6.07, 6.45) is 1.44. The minimum Gasteiger partial charge on any atom is -0.493 e. The lowest BCUT2D eigenvalue weighted by atomic mass is 10.0. The van der Waals surface area contributed by atoms with E-state index in [-0.39, 0.29) is 12.3 Å². The second kappa shape index (κ2) is 10.3. The van der Waals surface area contributed by atoms with E-state index < -0.39 is 12.0 Å². The fraction of sp³-hybridized carbons (Fsp3) is 0.227. The second-order valence-electron chi connectivity index (χ2n) is 6.43. The van der Waals surface area contributed by atoms with Crippen molar-refractivity contribution in [3.63, 3.8) is 0 Å². The SMILES string of the molecule is COC(=O)CC(NC(=O)c1cnc(-c2ccccc2Cl)s1)c1ccc(OC)c(OC)c1. The predicted molar refractivity (Wildman–Crippen MR) is 119 cm³/mol. The molecule has 1 unspecified atom stereocenters. The molecule has 2 aromatic carbocycles. The normalized spacial score (nSPS) is 11.5. The molecule has 0 bridgehead atoms. The molecule has 1 heterocycles. The first-order valence-corrected chi connectivity index (χ1v) is 10.5. The number of benzene rings is 2. The van der Waals surface area contributed by atoms with E-state index in [1.54, 1.807) is 24.3 Å². The number of nitrogens with zero attached hydrogens (tertiary/aromatic N) is 1. The Morgan fingerprint density at radius 1 is 1.10 bits per heavy atom. The lowest BCUT2D eigenvalue weighted by Gasteiger charge is -2.19. The van der Waals surface area contributed by atoms with Crippen LogP contribution in [-0.2, 0) is 9.53 Å². The molecule has 0 saturated heterocycles. The summed E-state index contributed by atoms with van der Waals surface area (Å²) in [5.41, 5.74) is 1.42. The number of hydrogen-bond acceptors (Lipinski definition) is 7. The smallest absolute Gasteiger partial charge is 0.307 e. The van der Waals surface area contributed by atoms with Gasteiger partial charge in [-0.3, -0.25) is 9.59 Å². The van der Waals surface area contributed by atoms with Crippen LogP contribution in [0, 0.1) is 0 Å². The number of carbonyl (C=O) groups excluding carboxylic acids is 2. The maximum Gasteiger partial charge on any atom is 0.307 e. The standard InChI is InChI=1S/C22H21ClN2O5S/c1-28-17-9-8-13(10-18(17)29-2)16(11-20(26)30-3)25-21(27)19-12-24-22(31-19)14-6-4-5-7-15(14)23/h4-10,12,16H,11H2,1-3H3,(H,25,27). The van der Waals surface area contributed by atoms with E-state index in [0.717, 1.165) is 5.56 Å². The van der Waals surface area contributed by atoms with Crippen molar-refractivity contribution in [1.82, 2.24) is 10.3 Å². The topological polar surface area (TPSA) is 86.8 Å². The molecule has 0 spiro atoms. The maximum atomic E-state index is 12.9. The molecule has 1 aromatic heterocycles. The average Bonchev–Trinajstić information content (AvgIpc) is 3.28. The third-order valence-electron chi connectivity index (χ3n) is 4.55. The Hall–Kier alpha value is -3.10. The van der Waals surface area contributed by atoms with Gasteiger partial charge < -0.3 is 19.5 Å². The van der Waals surface area contributed by atoms with Crippen LogP contribution in [0.2, 0.25) is 5.02 Å². The van der Waals surface area contributed by atoms with Crippen molar-refractivity contribution in [2.75, 3.05) is 21.3 Å². The zero-order valence-electron chi connectivity index (χ0n) is 17.2. The Labute approximate surface area is 188 Å². The zero-order valence-corrected chi connectivity index (χ0v) is 18.8. The van der Waals surface area contributed by atoms with Crippen LogP contribution >= 0.6 is 22.9 Å². The van der Waals surface area contributed by atoms with Gasteiger partial charge in [0, 0.05) is 5.56 Å². The molecule has 7 nitrogen and oxygen atoms in total. The van der Waals surface area contributed by atoms with Gasteiger partial charge in [-0.15, -0.1) is 11.3 Å². The first-order chi connectivity index (χ1) is 15.0. The molecule has 3 aromatic rings. The molecule has 31 heavy (non-hydrogen) atoms. The highest BCUT2D eigenvalue weighted by Gasteiger charge is 2.23. The highest BCUT2D eigenvalue weighted by atomic mass is 35.5. The Bertz CT molecular complexity index is 1090. The molecule has 9 heteroatoms. The number of methoxy groups -OCH3 is 3. The predicted octanol–water partition coefficient (Wildman–Crippen LogP) is 4.51. The van der Waals surface area contributed by atoms with Crippen LogP contribution in [0.5, 0.6) is 11.5 Å². The highest BCUT2D eigenvalue weighted by molar-refractivity contribution is 7.17. The number of ether oxygens (including phenoxy) is 3. The Balaban J connectivity index is 1.86. The van der Waals surface area contributed by atoms with Crippen LogP contribution in [0.1, 0.15) is 27.7 Å². The van der Waals surface area contributed by atoms with Crippen LogP contribution in [0.3, 0.4) is 0 Å². The fourth-order valence-electron chi connectivity index (χ4n) is 2.94. The van der Waals surface area contributed by atoms with E-state index >= 15 is 0 Å². The Kier molecular flexibility index (Phi) is 7.49. The van der Waals surface area contributed by atoms with Gasteiger partial charge in [-0.25, -0.2) is 4.98 Å². The van der Waals surface area contributed by atoms with Gasteiger partial charge in [0.1, 0.15) is 9.88 Å². The van der Waals surface area contributed by atoms with Crippen LogP contribution in [0.25, 0.3) is 10.6 Å². The minimum atomic E-state index is -0.634. The molecule has 0 aliphatic carbocycles. The lowest BCUT2D eigenvalue weighted by molar-refractivity contribution is -0.141. The largest absolute Gasteiger partial charge is 0.493 e. The Morgan fingerprint density at radius 2 is 1.84 bits per heavy atom. The van der Waals surface area contributed by atoms with Crippen LogP contribution in [0.4, 0.5) is 0 Å². The monoisotopic (exact) mass is 460 g/mol. The quantitative estimate of drug-likeness (QED) is 0.497. The summed E-state index contributed by atoms with van der Waals surface area (Å²) in [5, 5.41) is 4.07. The van der Waals surface area contributed by atoms with Gasteiger partial charge >= 0.3 is 5.97 Å². The Morgan fingerprint density at radius 3 is 2.52 bits per heavy atom. The van der Waals surface area contributed by atoms with Crippen molar-refractivity contribution in [2.24, 2.45) is 0 Å². The third-order valence-corrected chi connectivity index (χ3v) is 5.91. The summed E-state index contributed by atoms with van der Waals surface area (Å²) in [6, 6.07) is 11.8. The number of nitrogens with one attached hydrogen (secondary N) is 1. The number of aromatic nitrogens is 1. The first kappa shape index (κ1) is 22.6. The van der Waals surface area contributed by atoms with Crippen molar-refractivity contribution < 1.29 is 23.8 Å². The molecule has 1 N–H and O–H groups in total.